The van der Waals surface area contributed by atoms with Crippen molar-refractivity contribution in [3.05, 3.63) is 65.7 Å². The van der Waals surface area contributed by atoms with Gasteiger partial charge in [-0.05, 0) is 36.8 Å². The van der Waals surface area contributed by atoms with E-state index in [1.54, 1.807) is 24.3 Å². The normalized spacial score (nSPS) is 11.7. The Bertz CT molecular complexity index is 606. The second-order valence-corrected chi connectivity index (χ2v) is 4.51. The van der Waals surface area contributed by atoms with Crippen LogP contribution in [0.15, 0.2) is 54.6 Å². The zero-order valence-corrected chi connectivity index (χ0v) is 11.2. The maximum atomic E-state index is 12.0. The molecule has 20 heavy (non-hydrogen) atoms. The van der Waals surface area contributed by atoms with E-state index >= 15 is 0 Å². The second-order valence-electron chi connectivity index (χ2n) is 4.51. The van der Waals surface area contributed by atoms with Crippen molar-refractivity contribution in [2.75, 3.05) is 5.32 Å². The SMILES string of the molecule is CC(=O)c1ccc(NC(=O)[C@@H](N)c2ccccc2)cc1. The Balaban J connectivity index is 2.06. The number of amides is 1. The summed E-state index contributed by atoms with van der Waals surface area (Å²) in [6, 6.07) is 15.2. The van der Waals surface area contributed by atoms with Crippen LogP contribution in [-0.2, 0) is 4.79 Å². The molecule has 0 aliphatic carbocycles. The average Bonchev–Trinajstić information content (AvgIpc) is 2.48. The van der Waals surface area contributed by atoms with Crippen LogP contribution in [0.3, 0.4) is 0 Å². The van der Waals surface area contributed by atoms with Crippen molar-refractivity contribution in [3.63, 3.8) is 0 Å². The first kappa shape index (κ1) is 14.0. The molecule has 0 saturated heterocycles. The van der Waals surface area contributed by atoms with Gasteiger partial charge in [-0.15, -0.1) is 0 Å². The number of Topliss-reactive ketones (excluding diaryl/α,β-unsaturated/α-hetero) is 1. The molecule has 3 N–H and O–H groups in total. The number of nitrogens with two attached hydrogens (primary N) is 1. The van der Waals surface area contributed by atoms with Crippen LogP contribution in [0.2, 0.25) is 0 Å². The predicted octanol–water partition coefficient (Wildman–Crippen LogP) is 2.53. The molecule has 2 aromatic carbocycles. The van der Waals surface area contributed by atoms with Gasteiger partial charge >= 0.3 is 0 Å². The molecule has 0 saturated carbocycles. The lowest BCUT2D eigenvalue weighted by molar-refractivity contribution is -0.117. The Morgan fingerprint density at radius 2 is 1.60 bits per heavy atom. The smallest absolute Gasteiger partial charge is 0.245 e. The van der Waals surface area contributed by atoms with Gasteiger partial charge in [-0.2, -0.15) is 0 Å². The molecule has 0 aliphatic heterocycles. The van der Waals surface area contributed by atoms with Crippen molar-refractivity contribution < 1.29 is 9.59 Å². The molecule has 0 aliphatic rings. The highest BCUT2D eigenvalue weighted by Gasteiger charge is 2.15. The van der Waals surface area contributed by atoms with Gasteiger partial charge in [0.05, 0.1) is 0 Å². The van der Waals surface area contributed by atoms with Crippen molar-refractivity contribution in [2.45, 2.75) is 13.0 Å². The van der Waals surface area contributed by atoms with Gasteiger partial charge in [0.15, 0.2) is 5.78 Å². The number of hydrogen-bond acceptors (Lipinski definition) is 3. The molecule has 0 fully saturated rings. The zero-order chi connectivity index (χ0) is 14.5. The van der Waals surface area contributed by atoms with Gasteiger partial charge in [0.25, 0.3) is 0 Å². The van der Waals surface area contributed by atoms with Crippen molar-refractivity contribution in [3.8, 4) is 0 Å². The molecular weight excluding hydrogens is 252 g/mol. The molecular formula is C16H16N2O2. The topological polar surface area (TPSA) is 72.2 Å². The Morgan fingerprint density at radius 3 is 2.15 bits per heavy atom. The fourth-order valence-corrected chi connectivity index (χ4v) is 1.82. The summed E-state index contributed by atoms with van der Waals surface area (Å²) in [4.78, 5) is 23.2. The highest BCUT2D eigenvalue weighted by molar-refractivity contribution is 5.97. The number of hydrogen-bond donors (Lipinski definition) is 2. The Hall–Kier alpha value is -2.46. The number of carbonyl (C=O) groups excluding carboxylic acids is 2. The van der Waals surface area contributed by atoms with Crippen molar-refractivity contribution in [1.82, 2.24) is 0 Å². The fourth-order valence-electron chi connectivity index (χ4n) is 1.82. The van der Waals surface area contributed by atoms with Gasteiger partial charge in [0.1, 0.15) is 6.04 Å². The summed E-state index contributed by atoms with van der Waals surface area (Å²) in [5, 5.41) is 2.73. The predicted molar refractivity (Wildman–Crippen MR) is 78.4 cm³/mol. The summed E-state index contributed by atoms with van der Waals surface area (Å²) >= 11 is 0. The van der Waals surface area contributed by atoms with Gasteiger partial charge in [-0.25, -0.2) is 0 Å². The maximum absolute atomic E-state index is 12.0. The molecule has 0 bridgehead atoms. The maximum Gasteiger partial charge on any atom is 0.245 e. The zero-order valence-electron chi connectivity index (χ0n) is 11.2. The number of anilines is 1. The Morgan fingerprint density at radius 1 is 1.00 bits per heavy atom. The van der Waals surface area contributed by atoms with E-state index in [1.165, 1.54) is 6.92 Å². The first-order chi connectivity index (χ1) is 9.58. The molecule has 1 amide bonds. The van der Waals surface area contributed by atoms with Crippen molar-refractivity contribution in [2.24, 2.45) is 5.73 Å². The number of rotatable bonds is 4. The third kappa shape index (κ3) is 3.30. The Kier molecular flexibility index (Phi) is 4.27. The number of carbonyl (C=O) groups is 2. The average molecular weight is 268 g/mol. The quantitative estimate of drug-likeness (QED) is 0.837. The summed E-state index contributed by atoms with van der Waals surface area (Å²) in [5.41, 5.74) is 7.88. The van der Waals surface area contributed by atoms with E-state index in [2.05, 4.69) is 5.32 Å². The standard InChI is InChI=1S/C16H16N2O2/c1-11(19)12-7-9-14(10-8-12)18-16(20)15(17)13-5-3-2-4-6-13/h2-10,15H,17H2,1H3,(H,18,20)/t15-/m0/s1. The van der Waals surface area contributed by atoms with E-state index in [0.717, 1.165) is 5.56 Å². The van der Waals surface area contributed by atoms with E-state index in [1.807, 2.05) is 30.3 Å². The van der Waals surface area contributed by atoms with Crippen LogP contribution in [0.4, 0.5) is 5.69 Å². The second kappa shape index (κ2) is 6.12. The summed E-state index contributed by atoms with van der Waals surface area (Å²) in [7, 11) is 0. The van der Waals surface area contributed by atoms with Crippen LogP contribution in [-0.4, -0.2) is 11.7 Å². The lowest BCUT2D eigenvalue weighted by atomic mass is 10.1. The molecule has 0 heterocycles. The molecule has 0 radical (unpaired) electrons. The molecule has 4 heteroatoms. The van der Waals surface area contributed by atoms with E-state index < -0.39 is 6.04 Å². The summed E-state index contributed by atoms with van der Waals surface area (Å²) in [6.07, 6.45) is 0. The van der Waals surface area contributed by atoms with Crippen LogP contribution in [0.5, 0.6) is 0 Å². The first-order valence-electron chi connectivity index (χ1n) is 6.30. The molecule has 2 rings (SSSR count). The monoisotopic (exact) mass is 268 g/mol. The molecule has 2 aromatic rings. The molecule has 1 atom stereocenters. The minimum absolute atomic E-state index is 0.0103. The number of ketones is 1. The van der Waals surface area contributed by atoms with E-state index in [0.29, 0.717) is 11.3 Å². The van der Waals surface area contributed by atoms with Crippen molar-refractivity contribution in [1.29, 1.82) is 0 Å². The van der Waals surface area contributed by atoms with E-state index in [-0.39, 0.29) is 11.7 Å². The van der Waals surface area contributed by atoms with Crippen LogP contribution < -0.4 is 11.1 Å². The molecule has 4 nitrogen and oxygen atoms in total. The molecule has 0 spiro atoms. The minimum Gasteiger partial charge on any atom is -0.324 e. The summed E-state index contributed by atoms with van der Waals surface area (Å²) in [5.74, 6) is -0.296. The third-order valence-corrected chi connectivity index (χ3v) is 3.00. The first-order valence-corrected chi connectivity index (χ1v) is 6.30. The van der Waals surface area contributed by atoms with Crippen LogP contribution >= 0.6 is 0 Å². The van der Waals surface area contributed by atoms with E-state index in [4.69, 9.17) is 5.73 Å². The Labute approximate surface area is 117 Å². The van der Waals surface area contributed by atoms with Crippen LogP contribution in [0.1, 0.15) is 28.9 Å². The third-order valence-electron chi connectivity index (χ3n) is 3.00. The highest BCUT2D eigenvalue weighted by Crippen LogP contribution is 2.14. The van der Waals surface area contributed by atoms with Crippen molar-refractivity contribution >= 4 is 17.4 Å². The minimum atomic E-state index is -0.719. The van der Waals surface area contributed by atoms with Crippen LogP contribution in [0.25, 0.3) is 0 Å². The van der Waals surface area contributed by atoms with Gasteiger partial charge < -0.3 is 11.1 Å². The number of benzene rings is 2. The summed E-state index contributed by atoms with van der Waals surface area (Å²) < 4.78 is 0. The van der Waals surface area contributed by atoms with Gasteiger partial charge in [0.2, 0.25) is 5.91 Å². The van der Waals surface area contributed by atoms with Gasteiger partial charge in [-0.1, -0.05) is 30.3 Å². The number of nitrogens with one attached hydrogen (secondary N) is 1. The van der Waals surface area contributed by atoms with E-state index in [9.17, 15) is 9.59 Å². The molecule has 102 valence electrons. The fraction of sp³-hybridized carbons (Fsp3) is 0.125. The lowest BCUT2D eigenvalue weighted by Gasteiger charge is -2.12. The molecule has 0 aromatic heterocycles. The largest absolute Gasteiger partial charge is 0.324 e. The summed E-state index contributed by atoms with van der Waals surface area (Å²) in [6.45, 7) is 1.50. The lowest BCUT2D eigenvalue weighted by Crippen LogP contribution is -2.27. The molecule has 0 unspecified atom stereocenters. The van der Waals surface area contributed by atoms with Gasteiger partial charge in [-0.3, -0.25) is 9.59 Å². The highest BCUT2D eigenvalue weighted by atomic mass is 16.2. The van der Waals surface area contributed by atoms with Gasteiger partial charge in [0, 0.05) is 11.3 Å². The van der Waals surface area contributed by atoms with Crippen LogP contribution in [0, 0.1) is 0 Å².